The second kappa shape index (κ2) is 5.65. The molecule has 0 saturated heterocycles. The second-order valence-corrected chi connectivity index (χ2v) is 4.99. The maximum absolute atomic E-state index is 5.90. The topological polar surface area (TPSA) is 33.6 Å². The van der Waals surface area contributed by atoms with E-state index in [4.69, 9.17) is 23.8 Å². The van der Waals surface area contributed by atoms with Crippen molar-refractivity contribution < 1.29 is 0 Å². The Bertz CT molecular complexity index is 558. The average molecular weight is 270 g/mol. The van der Waals surface area contributed by atoms with Crippen molar-refractivity contribution in [1.82, 2.24) is 14.5 Å². The fraction of sp³-hybridized carbons (Fsp3) is 0.500. The maximum atomic E-state index is 5.90. The monoisotopic (exact) mass is 269 g/mol. The van der Waals surface area contributed by atoms with Crippen molar-refractivity contribution in [1.29, 1.82) is 0 Å². The molecular weight excluding hydrogens is 254 g/mol. The number of rotatable bonds is 5. The normalized spacial score (nSPS) is 11.2. The Morgan fingerprint density at radius 3 is 3.00 bits per heavy atom. The van der Waals surface area contributed by atoms with Crippen LogP contribution in [0.3, 0.4) is 0 Å². The Morgan fingerprint density at radius 2 is 2.24 bits per heavy atom. The van der Waals surface area contributed by atoms with Crippen molar-refractivity contribution in [3.63, 3.8) is 0 Å². The second-order valence-electron chi connectivity index (χ2n) is 4.17. The summed E-state index contributed by atoms with van der Waals surface area (Å²) in [6.07, 6.45) is 6.55. The average Bonchev–Trinajstić information content (AvgIpc) is 2.60. The van der Waals surface area contributed by atoms with E-state index in [2.05, 4.69) is 21.5 Å². The molecule has 0 aliphatic rings. The zero-order chi connectivity index (χ0) is 12.3. The first-order chi connectivity index (χ1) is 8.22. The van der Waals surface area contributed by atoms with Crippen LogP contribution in [0.5, 0.6) is 0 Å². The van der Waals surface area contributed by atoms with Gasteiger partial charge in [0.1, 0.15) is 0 Å². The van der Waals surface area contributed by atoms with E-state index in [-0.39, 0.29) is 0 Å². The number of unbranched alkanes of at least 4 members (excludes halogenated alkanes) is 3. The third-order valence-electron chi connectivity index (χ3n) is 2.81. The van der Waals surface area contributed by atoms with Gasteiger partial charge in [-0.05, 0) is 24.7 Å². The van der Waals surface area contributed by atoms with Crippen LogP contribution in [0.15, 0.2) is 12.3 Å². The molecule has 0 unspecified atom stereocenters. The highest BCUT2D eigenvalue weighted by Gasteiger charge is 2.05. The SMILES string of the molecule is CCCCCCn1c(=S)[nH]c2cc(Cl)cnc21. The number of H-pyrrole nitrogens is 1. The minimum Gasteiger partial charge on any atom is -0.329 e. The molecule has 0 fully saturated rings. The van der Waals surface area contributed by atoms with Crippen LogP contribution in [-0.2, 0) is 6.54 Å². The van der Waals surface area contributed by atoms with Crippen LogP contribution < -0.4 is 0 Å². The van der Waals surface area contributed by atoms with Gasteiger partial charge in [-0.15, -0.1) is 0 Å². The number of nitrogens with zero attached hydrogens (tertiary/aromatic N) is 2. The summed E-state index contributed by atoms with van der Waals surface area (Å²) >= 11 is 11.2. The van der Waals surface area contributed by atoms with Gasteiger partial charge >= 0.3 is 0 Å². The van der Waals surface area contributed by atoms with Gasteiger partial charge in [-0.25, -0.2) is 4.98 Å². The van der Waals surface area contributed by atoms with Gasteiger partial charge in [-0.1, -0.05) is 37.8 Å². The number of aromatic nitrogens is 3. The van der Waals surface area contributed by atoms with Crippen molar-refractivity contribution >= 4 is 35.0 Å². The highest BCUT2D eigenvalue weighted by Crippen LogP contribution is 2.17. The van der Waals surface area contributed by atoms with Crippen molar-refractivity contribution in [2.24, 2.45) is 0 Å². The molecule has 0 atom stereocenters. The first-order valence-electron chi connectivity index (χ1n) is 5.96. The lowest BCUT2D eigenvalue weighted by atomic mass is 10.2. The van der Waals surface area contributed by atoms with Gasteiger partial charge in [0.25, 0.3) is 0 Å². The van der Waals surface area contributed by atoms with E-state index >= 15 is 0 Å². The Morgan fingerprint density at radius 1 is 1.41 bits per heavy atom. The number of hydrogen-bond donors (Lipinski definition) is 1. The van der Waals surface area contributed by atoms with Crippen LogP contribution in [0.2, 0.25) is 5.02 Å². The lowest BCUT2D eigenvalue weighted by molar-refractivity contribution is 0.585. The zero-order valence-corrected chi connectivity index (χ0v) is 11.4. The molecule has 0 amide bonds. The summed E-state index contributed by atoms with van der Waals surface area (Å²) in [5, 5.41) is 0.631. The molecule has 0 spiro atoms. The van der Waals surface area contributed by atoms with E-state index < -0.39 is 0 Å². The molecule has 2 heterocycles. The zero-order valence-electron chi connectivity index (χ0n) is 9.87. The van der Waals surface area contributed by atoms with Gasteiger partial charge in [0.05, 0.1) is 10.5 Å². The molecule has 92 valence electrons. The van der Waals surface area contributed by atoms with Crippen LogP contribution in [0.1, 0.15) is 32.6 Å². The first kappa shape index (κ1) is 12.6. The third kappa shape index (κ3) is 2.87. The molecule has 2 aromatic rings. The molecule has 3 nitrogen and oxygen atoms in total. The van der Waals surface area contributed by atoms with Crippen LogP contribution >= 0.6 is 23.8 Å². The molecule has 0 aliphatic carbocycles. The van der Waals surface area contributed by atoms with E-state index in [9.17, 15) is 0 Å². The smallest absolute Gasteiger partial charge is 0.179 e. The molecule has 1 N–H and O–H groups in total. The van der Waals surface area contributed by atoms with E-state index in [1.54, 1.807) is 6.20 Å². The van der Waals surface area contributed by atoms with Gasteiger partial charge < -0.3 is 9.55 Å². The molecule has 0 aliphatic heterocycles. The van der Waals surface area contributed by atoms with Crippen molar-refractivity contribution in [3.8, 4) is 0 Å². The number of imidazole rings is 1. The van der Waals surface area contributed by atoms with Gasteiger partial charge in [0.2, 0.25) is 0 Å². The molecule has 5 heteroatoms. The minimum atomic E-state index is 0.631. The van der Waals surface area contributed by atoms with Crippen LogP contribution in [0.25, 0.3) is 11.2 Å². The Kier molecular flexibility index (Phi) is 4.18. The number of fused-ring (bicyclic) bond motifs is 1. The summed E-state index contributed by atoms with van der Waals surface area (Å²) in [5.41, 5.74) is 1.81. The number of pyridine rings is 1. The maximum Gasteiger partial charge on any atom is 0.179 e. The third-order valence-corrected chi connectivity index (χ3v) is 3.34. The predicted molar refractivity (Wildman–Crippen MR) is 74.1 cm³/mol. The highest BCUT2D eigenvalue weighted by atomic mass is 35.5. The number of nitrogens with one attached hydrogen (secondary N) is 1. The number of aryl methyl sites for hydroxylation is 1. The number of hydrogen-bond acceptors (Lipinski definition) is 2. The lowest BCUT2D eigenvalue weighted by Crippen LogP contribution is -1.99. The predicted octanol–water partition coefficient (Wildman–Crippen LogP) is 4.33. The molecule has 0 aromatic carbocycles. The molecule has 0 radical (unpaired) electrons. The van der Waals surface area contributed by atoms with Crippen LogP contribution in [0.4, 0.5) is 0 Å². The van der Waals surface area contributed by atoms with Crippen LogP contribution in [0, 0.1) is 4.77 Å². The van der Waals surface area contributed by atoms with Gasteiger partial charge in [0.15, 0.2) is 10.4 Å². The number of aromatic amines is 1. The lowest BCUT2D eigenvalue weighted by Gasteiger charge is -2.03. The summed E-state index contributed by atoms with van der Waals surface area (Å²) in [5.74, 6) is 0. The summed E-state index contributed by atoms with van der Waals surface area (Å²) in [6.45, 7) is 3.13. The van der Waals surface area contributed by atoms with Crippen molar-refractivity contribution in [2.75, 3.05) is 0 Å². The quantitative estimate of drug-likeness (QED) is 0.648. The summed E-state index contributed by atoms with van der Waals surface area (Å²) in [7, 11) is 0. The first-order valence-corrected chi connectivity index (χ1v) is 6.75. The van der Waals surface area contributed by atoms with E-state index in [1.807, 2.05) is 6.07 Å². The van der Waals surface area contributed by atoms with E-state index in [0.29, 0.717) is 5.02 Å². The van der Waals surface area contributed by atoms with Crippen molar-refractivity contribution in [2.45, 2.75) is 39.2 Å². The molecule has 2 rings (SSSR count). The Labute approximate surface area is 111 Å². The largest absolute Gasteiger partial charge is 0.329 e. The van der Waals surface area contributed by atoms with E-state index in [0.717, 1.165) is 28.9 Å². The van der Waals surface area contributed by atoms with Gasteiger partial charge in [0, 0.05) is 12.7 Å². The van der Waals surface area contributed by atoms with Gasteiger partial charge in [-0.2, -0.15) is 0 Å². The Hall–Kier alpha value is -0.870. The van der Waals surface area contributed by atoms with Gasteiger partial charge in [-0.3, -0.25) is 0 Å². The number of halogens is 1. The summed E-state index contributed by atoms with van der Waals surface area (Å²) in [6, 6.07) is 1.86. The fourth-order valence-electron chi connectivity index (χ4n) is 1.92. The molecule has 17 heavy (non-hydrogen) atoms. The highest BCUT2D eigenvalue weighted by molar-refractivity contribution is 7.71. The van der Waals surface area contributed by atoms with E-state index in [1.165, 1.54) is 19.3 Å². The molecular formula is C12H16ClN3S. The Balaban J connectivity index is 2.21. The van der Waals surface area contributed by atoms with Crippen molar-refractivity contribution in [3.05, 3.63) is 22.1 Å². The molecule has 2 aromatic heterocycles. The van der Waals surface area contributed by atoms with Crippen LogP contribution in [-0.4, -0.2) is 14.5 Å². The minimum absolute atomic E-state index is 0.631. The molecule has 0 bridgehead atoms. The summed E-state index contributed by atoms with van der Waals surface area (Å²) < 4.78 is 2.78. The summed E-state index contributed by atoms with van der Waals surface area (Å²) in [4.78, 5) is 7.47. The molecule has 0 saturated carbocycles. The standard InChI is InChI=1S/C12H16ClN3S/c1-2-3-4-5-6-16-11-10(15-12(16)17)7-9(13)8-14-11/h7-8H,2-6H2,1H3,(H,15,17). The fourth-order valence-corrected chi connectivity index (χ4v) is 2.37.